The molecule has 2 aliphatic carbocycles. The molecule has 0 spiro atoms. The highest BCUT2D eigenvalue weighted by Gasteiger charge is 2.61. The molecule has 138 valence electrons. The van der Waals surface area contributed by atoms with Crippen molar-refractivity contribution in [2.45, 2.75) is 71.9 Å². The fourth-order valence-corrected chi connectivity index (χ4v) is 5.07. The van der Waals surface area contributed by atoms with Crippen molar-refractivity contribution in [2.24, 2.45) is 16.7 Å². The standard InChI is InChI=1S/C19H28ClN3O2/c1-17(2,3)25-16(24)15-18(4)8-9-19(15,5)11-12(10-18)21-14-7-6-13(20)22-23-14/h6-7,12,15H,8-11H2,1-5H3,(H,21,23)/t12?,15?,18-,19+. The molecule has 2 fully saturated rings. The van der Waals surface area contributed by atoms with Gasteiger partial charge in [-0.15, -0.1) is 10.2 Å². The SMILES string of the molecule is CC(C)(C)OC(=O)C1[C@@]2(C)CC[C@]1(C)CC(Nc1ccc(Cl)nn1)C2. The van der Waals surface area contributed by atoms with Crippen LogP contribution in [0.15, 0.2) is 12.1 Å². The third-order valence-corrected chi connectivity index (χ3v) is 5.91. The molecule has 2 bridgehead atoms. The van der Waals surface area contributed by atoms with Crippen molar-refractivity contribution in [3.63, 3.8) is 0 Å². The first kappa shape index (κ1) is 18.4. The van der Waals surface area contributed by atoms with Crippen LogP contribution in [-0.2, 0) is 9.53 Å². The zero-order valence-electron chi connectivity index (χ0n) is 15.7. The molecule has 2 unspecified atom stereocenters. The van der Waals surface area contributed by atoms with Gasteiger partial charge in [-0.25, -0.2) is 0 Å². The normalized spacial score (nSPS) is 34.6. The zero-order chi connectivity index (χ0) is 18.5. The number of esters is 1. The first-order valence-corrected chi connectivity index (χ1v) is 9.37. The van der Waals surface area contributed by atoms with Crippen molar-refractivity contribution in [1.29, 1.82) is 0 Å². The highest BCUT2D eigenvalue weighted by Crippen LogP contribution is 2.62. The van der Waals surface area contributed by atoms with Crippen molar-refractivity contribution in [1.82, 2.24) is 10.2 Å². The lowest BCUT2D eigenvalue weighted by Crippen LogP contribution is -2.49. The number of rotatable bonds is 3. The van der Waals surface area contributed by atoms with Gasteiger partial charge in [0.1, 0.15) is 11.4 Å². The predicted octanol–water partition coefficient (Wildman–Crippen LogP) is 4.47. The summed E-state index contributed by atoms with van der Waals surface area (Å²) in [7, 11) is 0. The summed E-state index contributed by atoms with van der Waals surface area (Å²) in [6.45, 7) is 10.3. The first-order chi connectivity index (χ1) is 11.5. The van der Waals surface area contributed by atoms with E-state index >= 15 is 0 Å². The van der Waals surface area contributed by atoms with Gasteiger partial charge in [0.05, 0.1) is 5.92 Å². The minimum absolute atomic E-state index is 0.0419. The predicted molar refractivity (Wildman–Crippen MR) is 98.5 cm³/mol. The molecule has 0 amide bonds. The minimum Gasteiger partial charge on any atom is -0.460 e. The highest BCUT2D eigenvalue weighted by molar-refractivity contribution is 6.29. The van der Waals surface area contributed by atoms with Crippen LogP contribution < -0.4 is 5.32 Å². The van der Waals surface area contributed by atoms with Crippen LogP contribution in [0.25, 0.3) is 0 Å². The number of fused-ring (bicyclic) bond motifs is 2. The summed E-state index contributed by atoms with van der Waals surface area (Å²) >= 11 is 5.81. The summed E-state index contributed by atoms with van der Waals surface area (Å²) in [5.41, 5.74) is -0.545. The average Bonchev–Trinajstić information content (AvgIpc) is 2.63. The Hall–Kier alpha value is -1.36. The molecule has 6 heteroatoms. The number of nitrogens with one attached hydrogen (secondary N) is 1. The van der Waals surface area contributed by atoms with Gasteiger partial charge in [0, 0.05) is 6.04 Å². The summed E-state index contributed by atoms with van der Waals surface area (Å²) in [4.78, 5) is 12.9. The third-order valence-electron chi connectivity index (χ3n) is 5.71. The number of carbonyl (C=O) groups is 1. The molecular formula is C19H28ClN3O2. The molecule has 1 aromatic heterocycles. The van der Waals surface area contributed by atoms with Crippen LogP contribution in [0.4, 0.5) is 5.82 Å². The van der Waals surface area contributed by atoms with Crippen LogP contribution in [0.5, 0.6) is 0 Å². The molecule has 1 heterocycles. The van der Waals surface area contributed by atoms with Gasteiger partial charge in [-0.1, -0.05) is 25.4 Å². The van der Waals surface area contributed by atoms with E-state index in [1.54, 1.807) is 6.07 Å². The van der Waals surface area contributed by atoms with Crippen LogP contribution >= 0.6 is 11.6 Å². The molecule has 1 N–H and O–H groups in total. The second kappa shape index (κ2) is 6.11. The quantitative estimate of drug-likeness (QED) is 0.800. The fraction of sp³-hybridized carbons (Fsp3) is 0.737. The van der Waals surface area contributed by atoms with E-state index in [4.69, 9.17) is 16.3 Å². The monoisotopic (exact) mass is 365 g/mol. The van der Waals surface area contributed by atoms with Crippen molar-refractivity contribution in [3.05, 3.63) is 17.3 Å². The maximum atomic E-state index is 12.9. The van der Waals surface area contributed by atoms with E-state index in [0.29, 0.717) is 5.15 Å². The Morgan fingerprint density at radius 3 is 2.28 bits per heavy atom. The Labute approximate surface area is 154 Å². The van der Waals surface area contributed by atoms with Crippen molar-refractivity contribution < 1.29 is 9.53 Å². The van der Waals surface area contributed by atoms with E-state index < -0.39 is 5.60 Å². The van der Waals surface area contributed by atoms with E-state index in [1.807, 2.05) is 26.8 Å². The van der Waals surface area contributed by atoms with Gasteiger partial charge in [0.2, 0.25) is 0 Å². The molecule has 5 nitrogen and oxygen atoms in total. The van der Waals surface area contributed by atoms with E-state index in [9.17, 15) is 4.79 Å². The molecule has 2 aliphatic rings. The van der Waals surface area contributed by atoms with Crippen LogP contribution in [0.3, 0.4) is 0 Å². The van der Waals surface area contributed by atoms with Gasteiger partial charge in [-0.05, 0) is 69.4 Å². The van der Waals surface area contributed by atoms with Gasteiger partial charge in [0.15, 0.2) is 5.15 Å². The van der Waals surface area contributed by atoms with Gasteiger partial charge in [-0.2, -0.15) is 0 Å². The molecule has 0 saturated heterocycles. The van der Waals surface area contributed by atoms with Crippen LogP contribution in [-0.4, -0.2) is 27.8 Å². The van der Waals surface area contributed by atoms with E-state index in [-0.39, 0.29) is 28.8 Å². The topological polar surface area (TPSA) is 64.1 Å². The molecule has 4 atom stereocenters. The number of anilines is 1. The van der Waals surface area contributed by atoms with Crippen LogP contribution in [0.1, 0.15) is 60.3 Å². The molecule has 2 saturated carbocycles. The first-order valence-electron chi connectivity index (χ1n) is 8.99. The van der Waals surface area contributed by atoms with Gasteiger partial charge < -0.3 is 10.1 Å². The van der Waals surface area contributed by atoms with E-state index in [0.717, 1.165) is 31.5 Å². The Morgan fingerprint density at radius 2 is 1.80 bits per heavy atom. The lowest BCUT2D eigenvalue weighted by atomic mass is 9.60. The summed E-state index contributed by atoms with van der Waals surface area (Å²) in [5.74, 6) is 0.644. The summed E-state index contributed by atoms with van der Waals surface area (Å²) in [6.07, 6.45) is 3.96. The Bertz CT molecular complexity index is 638. The number of carbonyl (C=O) groups excluding carboxylic acids is 1. The van der Waals surface area contributed by atoms with Gasteiger partial charge in [0.25, 0.3) is 0 Å². The summed E-state index contributed by atoms with van der Waals surface area (Å²) in [6, 6.07) is 3.86. The molecule has 0 radical (unpaired) electrons. The molecular weight excluding hydrogens is 338 g/mol. The van der Waals surface area contributed by atoms with Crippen molar-refractivity contribution >= 4 is 23.4 Å². The number of nitrogens with zero attached hydrogens (tertiary/aromatic N) is 2. The Morgan fingerprint density at radius 1 is 1.20 bits per heavy atom. The second-order valence-corrected chi connectivity index (χ2v) is 9.65. The van der Waals surface area contributed by atoms with E-state index in [2.05, 4.69) is 29.4 Å². The van der Waals surface area contributed by atoms with Crippen LogP contribution in [0, 0.1) is 16.7 Å². The van der Waals surface area contributed by atoms with Crippen LogP contribution in [0.2, 0.25) is 5.15 Å². The van der Waals surface area contributed by atoms with Gasteiger partial charge in [-0.3, -0.25) is 4.79 Å². The van der Waals surface area contributed by atoms with E-state index in [1.165, 1.54) is 0 Å². The number of halogens is 1. The lowest BCUT2D eigenvalue weighted by Gasteiger charge is -2.47. The molecule has 0 aliphatic heterocycles. The lowest BCUT2D eigenvalue weighted by molar-refractivity contribution is -0.170. The Kier molecular flexibility index (Phi) is 4.51. The largest absolute Gasteiger partial charge is 0.460 e. The minimum atomic E-state index is -0.447. The van der Waals surface area contributed by atoms with Gasteiger partial charge >= 0.3 is 5.97 Å². The maximum Gasteiger partial charge on any atom is 0.310 e. The number of aromatic nitrogens is 2. The molecule has 0 aromatic carbocycles. The second-order valence-electron chi connectivity index (χ2n) is 9.27. The summed E-state index contributed by atoms with van der Waals surface area (Å²) in [5, 5.41) is 11.9. The summed E-state index contributed by atoms with van der Waals surface area (Å²) < 4.78 is 5.76. The molecule has 3 rings (SSSR count). The number of hydrogen-bond acceptors (Lipinski definition) is 5. The third kappa shape index (κ3) is 3.76. The number of hydrogen-bond donors (Lipinski definition) is 1. The van der Waals surface area contributed by atoms with Crippen molar-refractivity contribution in [3.8, 4) is 0 Å². The molecule has 25 heavy (non-hydrogen) atoms. The highest BCUT2D eigenvalue weighted by atomic mass is 35.5. The van der Waals surface area contributed by atoms with Crippen molar-refractivity contribution in [2.75, 3.05) is 5.32 Å². The zero-order valence-corrected chi connectivity index (χ0v) is 16.5. The fourth-order valence-electron chi connectivity index (χ4n) is 4.97. The smallest absolute Gasteiger partial charge is 0.310 e. The Balaban J connectivity index is 1.77. The maximum absolute atomic E-state index is 12.9. The average molecular weight is 366 g/mol. The molecule has 1 aromatic rings. The number of ether oxygens (including phenoxy) is 1.